The number of para-hydroxylation sites is 2. The number of hydrogen-bond donors (Lipinski definition) is 2. The summed E-state index contributed by atoms with van der Waals surface area (Å²) in [7, 11) is 0. The van der Waals surface area contributed by atoms with Crippen molar-refractivity contribution in [2.75, 3.05) is 10.7 Å². The Bertz CT molecular complexity index is 1020. The molecule has 136 valence electrons. The summed E-state index contributed by atoms with van der Waals surface area (Å²) in [6, 6.07) is 16.7. The number of amides is 1. The van der Waals surface area contributed by atoms with Gasteiger partial charge in [0.2, 0.25) is 11.8 Å². The quantitative estimate of drug-likeness (QED) is 0.515. The summed E-state index contributed by atoms with van der Waals surface area (Å²) in [5.41, 5.74) is 1.33. The summed E-state index contributed by atoms with van der Waals surface area (Å²) in [6.07, 6.45) is 0.261. The predicted molar refractivity (Wildman–Crippen MR) is 106 cm³/mol. The molecule has 27 heavy (non-hydrogen) atoms. The molecule has 1 aliphatic rings. The van der Waals surface area contributed by atoms with Crippen LogP contribution in [0.5, 0.6) is 5.88 Å². The van der Waals surface area contributed by atoms with E-state index in [1.54, 1.807) is 16.7 Å². The maximum Gasteiger partial charge on any atom is 0.255 e. The first-order chi connectivity index (χ1) is 13.1. The van der Waals surface area contributed by atoms with Gasteiger partial charge in [0.15, 0.2) is 5.16 Å². The lowest BCUT2D eigenvalue weighted by atomic mass is 10.2. The average molecular weight is 397 g/mol. The molecule has 0 atom stereocenters. The van der Waals surface area contributed by atoms with Gasteiger partial charge >= 0.3 is 0 Å². The SMILES string of the molecule is O=C(CCSc1nc(O)cc(=O)[nH]1)N1c2ccccc2Sc2ccccc21. The van der Waals surface area contributed by atoms with E-state index in [0.717, 1.165) is 27.2 Å². The molecule has 4 rings (SSSR count). The molecule has 0 saturated carbocycles. The van der Waals surface area contributed by atoms with Crippen LogP contribution in [0.2, 0.25) is 0 Å². The van der Waals surface area contributed by atoms with Crippen molar-refractivity contribution < 1.29 is 9.90 Å². The summed E-state index contributed by atoms with van der Waals surface area (Å²) in [6.45, 7) is 0. The highest BCUT2D eigenvalue weighted by Gasteiger charge is 2.27. The molecule has 2 N–H and O–H groups in total. The Morgan fingerprint density at radius 1 is 1.11 bits per heavy atom. The second kappa shape index (κ2) is 7.50. The lowest BCUT2D eigenvalue weighted by Gasteiger charge is -2.31. The summed E-state index contributed by atoms with van der Waals surface area (Å²) < 4.78 is 0. The number of carbonyl (C=O) groups is 1. The van der Waals surface area contributed by atoms with Gasteiger partial charge in [0, 0.05) is 22.0 Å². The number of rotatable bonds is 4. The monoisotopic (exact) mass is 397 g/mol. The van der Waals surface area contributed by atoms with Gasteiger partial charge in [0.05, 0.1) is 17.4 Å². The third-order valence-corrected chi connectivity index (χ3v) is 5.95. The number of nitrogens with one attached hydrogen (secondary N) is 1. The molecule has 0 aliphatic carbocycles. The number of anilines is 2. The molecule has 0 saturated heterocycles. The summed E-state index contributed by atoms with van der Waals surface area (Å²) >= 11 is 2.88. The van der Waals surface area contributed by atoms with E-state index >= 15 is 0 Å². The molecule has 0 fully saturated rings. The Balaban J connectivity index is 1.54. The molecule has 8 heteroatoms. The number of carbonyl (C=O) groups excluding carboxylic acids is 1. The number of aromatic amines is 1. The highest BCUT2D eigenvalue weighted by molar-refractivity contribution is 7.99. The van der Waals surface area contributed by atoms with Gasteiger partial charge in [-0.25, -0.2) is 0 Å². The van der Waals surface area contributed by atoms with Crippen molar-refractivity contribution in [1.82, 2.24) is 9.97 Å². The van der Waals surface area contributed by atoms with Gasteiger partial charge in [-0.3, -0.25) is 14.5 Å². The van der Waals surface area contributed by atoms with Crippen molar-refractivity contribution in [2.24, 2.45) is 0 Å². The van der Waals surface area contributed by atoms with Crippen LogP contribution in [0.4, 0.5) is 11.4 Å². The normalized spacial score (nSPS) is 12.4. The topological polar surface area (TPSA) is 86.3 Å². The van der Waals surface area contributed by atoms with E-state index in [-0.39, 0.29) is 18.2 Å². The van der Waals surface area contributed by atoms with Gasteiger partial charge in [-0.2, -0.15) is 4.98 Å². The minimum absolute atomic E-state index is 0.0369. The number of hydrogen-bond acceptors (Lipinski definition) is 6. The molecule has 6 nitrogen and oxygen atoms in total. The van der Waals surface area contributed by atoms with E-state index in [0.29, 0.717) is 10.9 Å². The van der Waals surface area contributed by atoms with Crippen LogP contribution in [0.1, 0.15) is 6.42 Å². The van der Waals surface area contributed by atoms with Crippen LogP contribution >= 0.6 is 23.5 Å². The van der Waals surface area contributed by atoms with Gasteiger partial charge in [0.25, 0.3) is 5.56 Å². The number of fused-ring (bicyclic) bond motifs is 2. The molecule has 0 unspecified atom stereocenters. The smallest absolute Gasteiger partial charge is 0.255 e. The Labute approximate surface area is 163 Å². The number of H-pyrrole nitrogens is 1. The Kier molecular flexibility index (Phi) is 4.91. The van der Waals surface area contributed by atoms with E-state index in [1.807, 2.05) is 48.5 Å². The highest BCUT2D eigenvalue weighted by Crippen LogP contribution is 2.48. The molecule has 2 heterocycles. The number of benzene rings is 2. The van der Waals surface area contributed by atoms with Gasteiger partial charge in [-0.1, -0.05) is 47.8 Å². The van der Waals surface area contributed by atoms with Crippen LogP contribution in [0.25, 0.3) is 0 Å². The van der Waals surface area contributed by atoms with E-state index in [9.17, 15) is 14.7 Å². The second-order valence-corrected chi connectivity index (χ2v) is 7.94. The maximum absolute atomic E-state index is 13.0. The number of aromatic hydroxyl groups is 1. The molecular weight excluding hydrogens is 382 g/mol. The first kappa shape index (κ1) is 17.7. The zero-order valence-electron chi connectivity index (χ0n) is 14.1. The molecule has 1 aromatic heterocycles. The molecule has 3 aromatic rings. The largest absolute Gasteiger partial charge is 0.493 e. The van der Waals surface area contributed by atoms with E-state index in [2.05, 4.69) is 9.97 Å². The van der Waals surface area contributed by atoms with E-state index < -0.39 is 5.56 Å². The van der Waals surface area contributed by atoms with E-state index in [4.69, 9.17) is 0 Å². The first-order valence-corrected chi connectivity index (χ1v) is 10.0. The van der Waals surface area contributed by atoms with Crippen molar-refractivity contribution in [3.05, 3.63) is 65.0 Å². The number of nitrogens with zero attached hydrogens (tertiary/aromatic N) is 2. The van der Waals surface area contributed by atoms with Crippen molar-refractivity contribution in [2.45, 2.75) is 21.4 Å². The Morgan fingerprint density at radius 2 is 1.74 bits per heavy atom. The van der Waals surface area contributed by atoms with Crippen molar-refractivity contribution in [3.8, 4) is 5.88 Å². The minimum Gasteiger partial charge on any atom is -0.493 e. The number of aromatic nitrogens is 2. The molecule has 0 spiro atoms. The lowest BCUT2D eigenvalue weighted by Crippen LogP contribution is -2.28. The Morgan fingerprint density at radius 3 is 2.37 bits per heavy atom. The van der Waals surface area contributed by atoms with Crippen molar-refractivity contribution in [1.29, 1.82) is 0 Å². The van der Waals surface area contributed by atoms with Crippen molar-refractivity contribution in [3.63, 3.8) is 0 Å². The van der Waals surface area contributed by atoms with Crippen LogP contribution in [-0.2, 0) is 4.79 Å². The molecule has 2 aromatic carbocycles. The van der Waals surface area contributed by atoms with Gasteiger partial charge in [-0.05, 0) is 24.3 Å². The van der Waals surface area contributed by atoms with Crippen LogP contribution in [0.15, 0.2) is 74.3 Å². The fourth-order valence-corrected chi connectivity index (χ4v) is 4.67. The molecule has 0 radical (unpaired) electrons. The summed E-state index contributed by atoms with van der Waals surface area (Å²) in [5, 5.41) is 9.70. The Hall–Kier alpha value is -2.71. The first-order valence-electron chi connectivity index (χ1n) is 8.24. The zero-order valence-corrected chi connectivity index (χ0v) is 15.7. The average Bonchev–Trinajstić information content (AvgIpc) is 2.65. The molecular formula is C19H15N3O3S2. The summed E-state index contributed by atoms with van der Waals surface area (Å²) in [5.74, 6) is 0.0628. The van der Waals surface area contributed by atoms with Gasteiger partial charge in [-0.15, -0.1) is 0 Å². The highest BCUT2D eigenvalue weighted by atomic mass is 32.2. The molecule has 1 amide bonds. The minimum atomic E-state index is -0.424. The lowest BCUT2D eigenvalue weighted by molar-refractivity contribution is -0.117. The van der Waals surface area contributed by atoms with Crippen LogP contribution in [0, 0.1) is 0 Å². The standard InChI is InChI=1S/C19H15N3O3S2/c23-16-11-17(24)21-19(20-16)26-10-9-18(25)22-12-5-1-3-7-14(12)27-15-8-4-2-6-13(15)22/h1-8,11H,9-10H2,(H2,20,21,23,24). The van der Waals surface area contributed by atoms with Crippen LogP contribution in [-0.4, -0.2) is 26.7 Å². The van der Waals surface area contributed by atoms with Gasteiger partial charge in [0.1, 0.15) is 0 Å². The predicted octanol–water partition coefficient (Wildman–Crippen LogP) is 3.79. The molecule has 0 bridgehead atoms. The van der Waals surface area contributed by atoms with Crippen LogP contribution < -0.4 is 10.5 Å². The van der Waals surface area contributed by atoms with E-state index in [1.165, 1.54) is 11.8 Å². The molecule has 1 aliphatic heterocycles. The third-order valence-electron chi connectivity index (χ3n) is 3.94. The van der Waals surface area contributed by atoms with Crippen molar-refractivity contribution >= 4 is 40.8 Å². The fraction of sp³-hybridized carbons (Fsp3) is 0.105. The fourth-order valence-electron chi connectivity index (χ4n) is 2.81. The van der Waals surface area contributed by atoms with Crippen LogP contribution in [0.3, 0.4) is 0 Å². The third kappa shape index (κ3) is 3.72. The zero-order chi connectivity index (χ0) is 18.8. The number of thioether (sulfide) groups is 1. The van der Waals surface area contributed by atoms with Gasteiger partial charge < -0.3 is 10.1 Å². The second-order valence-electron chi connectivity index (χ2n) is 5.77. The summed E-state index contributed by atoms with van der Waals surface area (Å²) in [4.78, 5) is 34.6. The maximum atomic E-state index is 13.0.